The van der Waals surface area contributed by atoms with Gasteiger partial charge in [0.1, 0.15) is 62.0 Å². The molecule has 13 heteroatoms. The van der Waals surface area contributed by atoms with Crippen LogP contribution >= 0.6 is 0 Å². The lowest BCUT2D eigenvalue weighted by Gasteiger charge is -2.45. The lowest BCUT2D eigenvalue weighted by Crippen LogP contribution is -2.64. The normalized spacial score (nSPS) is 42.9. The molecule has 2 rings (SSSR count). The summed E-state index contributed by atoms with van der Waals surface area (Å²) in [6.45, 7) is 1.35. The van der Waals surface area contributed by atoms with Gasteiger partial charge in [0.05, 0.1) is 0 Å². The average Bonchev–Trinajstić information content (AvgIpc) is 2.65. The van der Waals surface area contributed by atoms with Crippen molar-refractivity contribution in [2.75, 3.05) is 13.2 Å². The second kappa shape index (κ2) is 10.1. The van der Waals surface area contributed by atoms with Crippen LogP contribution in [0.4, 0.5) is 0 Å². The van der Waals surface area contributed by atoms with E-state index in [1.54, 1.807) is 0 Å². The zero-order valence-corrected chi connectivity index (χ0v) is 15.7. The van der Waals surface area contributed by atoms with Crippen LogP contribution in [0.1, 0.15) is 13.8 Å². The molecule has 6 N–H and O–H groups in total. The van der Waals surface area contributed by atoms with E-state index in [4.69, 9.17) is 18.9 Å². The standard InChI is InChI=1S/C16H26O13/c1-5(17)25-3-7-10(20)12(22)14(15(24)27-7)29-16-13(23)11(21)9(19)8(28-16)4-26-6(2)18/h7-16,19-24H,3-4H2,1-2H3. The van der Waals surface area contributed by atoms with E-state index in [1.807, 2.05) is 0 Å². The van der Waals surface area contributed by atoms with Crippen LogP contribution in [0.5, 0.6) is 0 Å². The van der Waals surface area contributed by atoms with Gasteiger partial charge >= 0.3 is 11.9 Å². The smallest absolute Gasteiger partial charge is 0.302 e. The Hall–Kier alpha value is -1.42. The van der Waals surface area contributed by atoms with Gasteiger partial charge in [0.25, 0.3) is 0 Å². The number of aliphatic hydroxyl groups is 6. The molecule has 0 aromatic heterocycles. The fraction of sp³-hybridized carbons (Fsp3) is 0.875. The molecule has 10 unspecified atom stereocenters. The summed E-state index contributed by atoms with van der Waals surface area (Å²) in [6, 6.07) is 0. The van der Waals surface area contributed by atoms with Gasteiger partial charge in [0.2, 0.25) is 0 Å². The first-order valence-electron chi connectivity index (χ1n) is 8.84. The molecular weight excluding hydrogens is 400 g/mol. The van der Waals surface area contributed by atoms with Gasteiger partial charge < -0.3 is 54.3 Å². The zero-order chi connectivity index (χ0) is 21.9. The van der Waals surface area contributed by atoms with Gasteiger partial charge in [-0.2, -0.15) is 0 Å². The molecule has 29 heavy (non-hydrogen) atoms. The third-order valence-corrected chi connectivity index (χ3v) is 4.52. The fourth-order valence-corrected chi connectivity index (χ4v) is 2.93. The lowest BCUT2D eigenvalue weighted by molar-refractivity contribution is -0.361. The molecule has 0 radical (unpaired) electrons. The number of ether oxygens (including phenoxy) is 5. The topological polar surface area (TPSA) is 202 Å². The highest BCUT2D eigenvalue weighted by molar-refractivity contribution is 5.66. The Balaban J connectivity index is 2.04. The Labute approximate surface area is 165 Å². The number of esters is 2. The molecule has 2 fully saturated rings. The molecule has 0 saturated carbocycles. The molecule has 0 spiro atoms. The molecule has 13 nitrogen and oxygen atoms in total. The molecule has 2 saturated heterocycles. The van der Waals surface area contributed by atoms with Crippen molar-refractivity contribution in [3.8, 4) is 0 Å². The highest BCUT2D eigenvalue weighted by atomic mass is 16.7. The van der Waals surface area contributed by atoms with Crippen molar-refractivity contribution in [3.05, 3.63) is 0 Å². The van der Waals surface area contributed by atoms with E-state index < -0.39 is 86.6 Å². The summed E-state index contributed by atoms with van der Waals surface area (Å²) >= 11 is 0. The Kier molecular flexibility index (Phi) is 8.28. The zero-order valence-electron chi connectivity index (χ0n) is 15.7. The van der Waals surface area contributed by atoms with Gasteiger partial charge in [-0.05, 0) is 0 Å². The Bertz CT molecular complexity index is 571. The van der Waals surface area contributed by atoms with Crippen LogP contribution in [-0.4, -0.2) is 117 Å². The van der Waals surface area contributed by atoms with Crippen LogP contribution in [0, 0.1) is 0 Å². The van der Waals surface area contributed by atoms with Crippen molar-refractivity contribution in [2.45, 2.75) is 75.3 Å². The monoisotopic (exact) mass is 426 g/mol. The molecule has 2 aliphatic rings. The first-order valence-corrected chi connectivity index (χ1v) is 8.84. The van der Waals surface area contributed by atoms with Gasteiger partial charge in [-0.3, -0.25) is 9.59 Å². The summed E-state index contributed by atoms with van der Waals surface area (Å²) in [5.74, 6) is -1.33. The maximum Gasteiger partial charge on any atom is 0.302 e. The van der Waals surface area contributed by atoms with Crippen LogP contribution < -0.4 is 0 Å². The van der Waals surface area contributed by atoms with Crippen LogP contribution in [0.25, 0.3) is 0 Å². The molecule has 168 valence electrons. The number of rotatable bonds is 6. The molecular formula is C16H26O13. The van der Waals surface area contributed by atoms with Gasteiger partial charge in [-0.1, -0.05) is 0 Å². The highest BCUT2D eigenvalue weighted by Crippen LogP contribution is 2.28. The van der Waals surface area contributed by atoms with Crippen LogP contribution in [0.2, 0.25) is 0 Å². The van der Waals surface area contributed by atoms with Crippen molar-refractivity contribution in [3.63, 3.8) is 0 Å². The first-order chi connectivity index (χ1) is 13.5. The van der Waals surface area contributed by atoms with Gasteiger partial charge in [0, 0.05) is 13.8 Å². The minimum atomic E-state index is -1.82. The van der Waals surface area contributed by atoms with Gasteiger partial charge in [0.15, 0.2) is 12.6 Å². The predicted molar refractivity (Wildman–Crippen MR) is 87.7 cm³/mol. The SMILES string of the molecule is CC(=O)OCC1OC(OC2C(O)OC(COC(C)=O)C(O)C2O)C(O)C(O)C1O. The van der Waals surface area contributed by atoms with Crippen molar-refractivity contribution in [2.24, 2.45) is 0 Å². The van der Waals surface area contributed by atoms with E-state index in [9.17, 15) is 40.2 Å². The highest BCUT2D eigenvalue weighted by Gasteiger charge is 2.50. The van der Waals surface area contributed by atoms with Gasteiger partial charge in [-0.15, -0.1) is 0 Å². The number of aliphatic hydroxyl groups excluding tert-OH is 6. The quantitative estimate of drug-likeness (QED) is 0.223. The van der Waals surface area contributed by atoms with E-state index in [1.165, 1.54) is 0 Å². The first kappa shape index (κ1) is 23.9. The Morgan fingerprint density at radius 3 is 1.72 bits per heavy atom. The van der Waals surface area contributed by atoms with E-state index >= 15 is 0 Å². The molecule has 10 atom stereocenters. The Morgan fingerprint density at radius 1 is 0.724 bits per heavy atom. The second-order valence-electron chi connectivity index (χ2n) is 6.77. The van der Waals surface area contributed by atoms with E-state index in [2.05, 4.69) is 4.74 Å². The second-order valence-corrected chi connectivity index (χ2v) is 6.77. The van der Waals surface area contributed by atoms with Crippen molar-refractivity contribution < 1.29 is 63.9 Å². The molecule has 0 bridgehead atoms. The molecule has 0 aromatic carbocycles. The van der Waals surface area contributed by atoms with Crippen LogP contribution in [-0.2, 0) is 33.3 Å². The fourth-order valence-electron chi connectivity index (χ4n) is 2.93. The van der Waals surface area contributed by atoms with Crippen LogP contribution in [0.3, 0.4) is 0 Å². The summed E-state index contributed by atoms with van der Waals surface area (Å²) in [7, 11) is 0. The Morgan fingerprint density at radius 2 is 1.21 bits per heavy atom. The number of hydrogen-bond acceptors (Lipinski definition) is 13. The van der Waals surface area contributed by atoms with E-state index in [0.29, 0.717) is 0 Å². The van der Waals surface area contributed by atoms with Crippen molar-refractivity contribution >= 4 is 11.9 Å². The largest absolute Gasteiger partial charge is 0.463 e. The van der Waals surface area contributed by atoms with Gasteiger partial charge in [-0.25, -0.2) is 0 Å². The lowest BCUT2D eigenvalue weighted by atomic mass is 9.97. The summed E-state index contributed by atoms with van der Waals surface area (Å²) in [5.41, 5.74) is 0. The molecule has 2 heterocycles. The van der Waals surface area contributed by atoms with Crippen molar-refractivity contribution in [1.29, 1.82) is 0 Å². The number of carbonyl (C=O) groups excluding carboxylic acids is 2. The molecule has 2 aliphatic heterocycles. The third-order valence-electron chi connectivity index (χ3n) is 4.52. The summed E-state index contributed by atoms with van der Waals surface area (Å²) in [6.07, 6.45) is -16.2. The van der Waals surface area contributed by atoms with Crippen molar-refractivity contribution in [1.82, 2.24) is 0 Å². The maximum absolute atomic E-state index is 10.9. The summed E-state index contributed by atoms with van der Waals surface area (Å²) < 4.78 is 25.1. The minimum absolute atomic E-state index is 0.435. The van der Waals surface area contributed by atoms with Crippen LogP contribution in [0.15, 0.2) is 0 Å². The molecule has 0 amide bonds. The number of carbonyl (C=O) groups is 2. The third kappa shape index (κ3) is 5.81. The molecule has 0 aliphatic carbocycles. The summed E-state index contributed by atoms with van der Waals surface area (Å²) in [5, 5.41) is 60.5. The average molecular weight is 426 g/mol. The predicted octanol–water partition coefficient (Wildman–Crippen LogP) is -4.26. The summed E-state index contributed by atoms with van der Waals surface area (Å²) in [4.78, 5) is 21.8. The molecule has 0 aromatic rings. The number of hydrogen-bond donors (Lipinski definition) is 6. The minimum Gasteiger partial charge on any atom is -0.463 e. The maximum atomic E-state index is 10.9. The van der Waals surface area contributed by atoms with E-state index in [0.717, 1.165) is 13.8 Å². The van der Waals surface area contributed by atoms with E-state index in [-0.39, 0.29) is 0 Å².